The van der Waals surface area contributed by atoms with Gasteiger partial charge in [-0.2, -0.15) is 0 Å². The van der Waals surface area contributed by atoms with E-state index in [1.165, 1.54) is 0 Å². The zero-order chi connectivity index (χ0) is 18.9. The average Bonchev–Trinajstić information content (AvgIpc) is 3.38. The summed E-state index contributed by atoms with van der Waals surface area (Å²) in [6.07, 6.45) is 7.12. The molecule has 28 heavy (non-hydrogen) atoms. The van der Waals surface area contributed by atoms with E-state index in [2.05, 4.69) is 15.0 Å². The second-order valence-corrected chi connectivity index (χ2v) is 7.05. The number of aromatic nitrogens is 3. The van der Waals surface area contributed by atoms with E-state index in [9.17, 15) is 4.79 Å². The van der Waals surface area contributed by atoms with E-state index in [0.717, 1.165) is 40.1 Å². The van der Waals surface area contributed by atoms with Crippen molar-refractivity contribution in [2.75, 3.05) is 6.54 Å². The second-order valence-electron chi connectivity index (χ2n) is 7.05. The first kappa shape index (κ1) is 16.7. The lowest BCUT2D eigenvalue weighted by Crippen LogP contribution is -2.40. The quantitative estimate of drug-likeness (QED) is 0.593. The van der Waals surface area contributed by atoms with Crippen LogP contribution < -0.4 is 0 Å². The summed E-state index contributed by atoms with van der Waals surface area (Å²) in [5.74, 6) is 0.863. The predicted molar refractivity (Wildman–Crippen MR) is 105 cm³/mol. The number of aryl methyl sites for hydroxylation is 1. The number of imidazole rings is 1. The molecule has 1 aliphatic heterocycles. The number of aromatic amines is 1. The first-order valence-electron chi connectivity index (χ1n) is 9.48. The molecule has 0 bridgehead atoms. The minimum Gasteiger partial charge on any atom is -0.458 e. The molecule has 0 unspecified atom stereocenters. The highest BCUT2D eigenvalue weighted by atomic mass is 16.3. The number of amides is 1. The lowest BCUT2D eigenvalue weighted by atomic mass is 9.99. The second kappa shape index (κ2) is 6.96. The number of furan rings is 1. The largest absolute Gasteiger partial charge is 0.458 e. The molecule has 6 nitrogen and oxygen atoms in total. The number of para-hydroxylation sites is 1. The number of carbonyl (C=O) groups is 1. The average molecular weight is 372 g/mol. The third kappa shape index (κ3) is 2.97. The molecule has 0 fully saturated rings. The van der Waals surface area contributed by atoms with Gasteiger partial charge in [-0.25, -0.2) is 4.98 Å². The predicted octanol–water partition coefficient (Wildman–Crippen LogP) is 3.66. The minimum absolute atomic E-state index is 0.107. The Hall–Kier alpha value is -3.41. The summed E-state index contributed by atoms with van der Waals surface area (Å²) in [6, 6.07) is 13.5. The van der Waals surface area contributed by atoms with Crippen LogP contribution in [0.1, 0.15) is 35.2 Å². The number of nitrogens with one attached hydrogen (secondary N) is 1. The van der Waals surface area contributed by atoms with Crippen molar-refractivity contribution in [1.29, 1.82) is 0 Å². The maximum atomic E-state index is 13.1. The van der Waals surface area contributed by atoms with Crippen molar-refractivity contribution in [1.82, 2.24) is 19.9 Å². The number of benzene rings is 1. The normalized spacial score (nSPS) is 16.3. The Labute approximate surface area is 162 Å². The fourth-order valence-electron chi connectivity index (χ4n) is 3.91. The van der Waals surface area contributed by atoms with Gasteiger partial charge in [-0.1, -0.05) is 18.2 Å². The molecule has 1 aliphatic rings. The Bertz CT molecular complexity index is 1080. The van der Waals surface area contributed by atoms with Crippen molar-refractivity contribution in [3.8, 4) is 0 Å². The third-order valence-corrected chi connectivity index (χ3v) is 5.34. The van der Waals surface area contributed by atoms with Gasteiger partial charge in [-0.3, -0.25) is 9.78 Å². The molecule has 0 radical (unpaired) electrons. The van der Waals surface area contributed by atoms with Gasteiger partial charge in [0.2, 0.25) is 5.91 Å². The first-order chi connectivity index (χ1) is 13.8. The van der Waals surface area contributed by atoms with E-state index >= 15 is 0 Å². The molecule has 0 saturated heterocycles. The molecule has 4 aromatic rings. The molecule has 6 heteroatoms. The van der Waals surface area contributed by atoms with Crippen LogP contribution in [0, 0.1) is 0 Å². The molecular weight excluding hydrogens is 352 g/mol. The summed E-state index contributed by atoms with van der Waals surface area (Å²) < 4.78 is 6.12. The fourth-order valence-corrected chi connectivity index (χ4v) is 3.91. The van der Waals surface area contributed by atoms with E-state index in [1.54, 1.807) is 18.7 Å². The van der Waals surface area contributed by atoms with Crippen LogP contribution >= 0.6 is 0 Å². The van der Waals surface area contributed by atoms with Gasteiger partial charge in [0.25, 0.3) is 0 Å². The summed E-state index contributed by atoms with van der Waals surface area (Å²) in [6.45, 7) is 0.645. The van der Waals surface area contributed by atoms with Crippen LogP contribution in [0.3, 0.4) is 0 Å². The first-order valence-corrected chi connectivity index (χ1v) is 9.48. The highest BCUT2D eigenvalue weighted by molar-refractivity contribution is 5.80. The smallest absolute Gasteiger partial charge is 0.223 e. The number of hydrogen-bond donors (Lipinski definition) is 1. The molecule has 4 heterocycles. The van der Waals surface area contributed by atoms with Crippen LogP contribution in [-0.4, -0.2) is 32.3 Å². The molecule has 5 rings (SSSR count). The van der Waals surface area contributed by atoms with E-state index < -0.39 is 0 Å². The number of pyridine rings is 1. The van der Waals surface area contributed by atoms with Gasteiger partial charge in [0.15, 0.2) is 0 Å². The lowest BCUT2D eigenvalue weighted by molar-refractivity contribution is -0.133. The zero-order valence-corrected chi connectivity index (χ0v) is 15.3. The lowest BCUT2D eigenvalue weighted by Gasteiger charge is -2.33. The van der Waals surface area contributed by atoms with Crippen molar-refractivity contribution < 1.29 is 9.21 Å². The maximum absolute atomic E-state index is 13.1. The Balaban J connectivity index is 1.46. The minimum atomic E-state index is -0.299. The Morgan fingerprint density at radius 1 is 1.21 bits per heavy atom. The van der Waals surface area contributed by atoms with Crippen molar-refractivity contribution in [3.05, 3.63) is 83.9 Å². The molecule has 140 valence electrons. The maximum Gasteiger partial charge on any atom is 0.223 e. The van der Waals surface area contributed by atoms with Crippen LogP contribution in [0.25, 0.3) is 11.0 Å². The number of fused-ring (bicyclic) bond motifs is 2. The Morgan fingerprint density at radius 3 is 2.93 bits per heavy atom. The molecule has 1 aromatic carbocycles. The number of nitrogens with zero attached hydrogens (tertiary/aromatic N) is 3. The summed E-state index contributed by atoms with van der Waals surface area (Å²) in [4.78, 5) is 26.8. The van der Waals surface area contributed by atoms with Crippen LogP contribution in [0.15, 0.2) is 65.6 Å². The Kier molecular flexibility index (Phi) is 4.16. The van der Waals surface area contributed by atoms with Crippen molar-refractivity contribution in [2.24, 2.45) is 0 Å². The molecule has 0 aliphatic carbocycles. The SMILES string of the molecule is O=C(CCc1ccncc1)N1CCc2[nH]cnc2[C@@H]1c1cc2ccccc2o1. The van der Waals surface area contributed by atoms with Crippen LogP contribution in [0.4, 0.5) is 0 Å². The van der Waals surface area contributed by atoms with Crippen LogP contribution in [0.2, 0.25) is 0 Å². The molecule has 0 spiro atoms. The van der Waals surface area contributed by atoms with E-state index in [1.807, 2.05) is 47.4 Å². The van der Waals surface area contributed by atoms with E-state index in [4.69, 9.17) is 4.42 Å². The van der Waals surface area contributed by atoms with Gasteiger partial charge >= 0.3 is 0 Å². The third-order valence-electron chi connectivity index (χ3n) is 5.34. The van der Waals surface area contributed by atoms with Crippen LogP contribution in [0.5, 0.6) is 0 Å². The van der Waals surface area contributed by atoms with E-state index in [-0.39, 0.29) is 11.9 Å². The van der Waals surface area contributed by atoms with Gasteiger partial charge in [0.05, 0.1) is 12.0 Å². The fraction of sp³-hybridized carbons (Fsp3) is 0.227. The standard InChI is InChI=1S/C22H20N4O2/c27-20(6-5-15-7-10-23-11-8-15)26-12-9-17-21(25-14-24-17)22(26)19-13-16-3-1-2-4-18(16)28-19/h1-4,7-8,10-11,13-14,22H,5-6,9,12H2,(H,24,25)/t22-/m0/s1. The molecule has 0 saturated carbocycles. The molecule has 3 aromatic heterocycles. The van der Waals surface area contributed by atoms with Crippen molar-refractivity contribution >= 4 is 16.9 Å². The van der Waals surface area contributed by atoms with Gasteiger partial charge in [-0.05, 0) is 36.2 Å². The van der Waals surface area contributed by atoms with Crippen molar-refractivity contribution in [2.45, 2.75) is 25.3 Å². The Morgan fingerprint density at radius 2 is 2.07 bits per heavy atom. The topological polar surface area (TPSA) is 75.0 Å². The number of rotatable bonds is 4. The van der Waals surface area contributed by atoms with Gasteiger partial charge in [-0.15, -0.1) is 0 Å². The molecule has 1 amide bonds. The van der Waals surface area contributed by atoms with Gasteiger partial charge in [0.1, 0.15) is 17.4 Å². The monoisotopic (exact) mass is 372 g/mol. The van der Waals surface area contributed by atoms with Crippen molar-refractivity contribution in [3.63, 3.8) is 0 Å². The molecule has 1 N–H and O–H groups in total. The summed E-state index contributed by atoms with van der Waals surface area (Å²) >= 11 is 0. The number of H-pyrrole nitrogens is 1. The highest BCUT2D eigenvalue weighted by Gasteiger charge is 2.36. The zero-order valence-electron chi connectivity index (χ0n) is 15.3. The van der Waals surface area contributed by atoms with Crippen LogP contribution in [-0.2, 0) is 17.6 Å². The summed E-state index contributed by atoms with van der Waals surface area (Å²) in [7, 11) is 0. The molecular formula is C22H20N4O2. The summed E-state index contributed by atoms with van der Waals surface area (Å²) in [5.41, 5.74) is 3.89. The molecule has 1 atom stereocenters. The number of hydrogen-bond acceptors (Lipinski definition) is 4. The van der Waals surface area contributed by atoms with E-state index in [0.29, 0.717) is 19.4 Å². The van der Waals surface area contributed by atoms with Gasteiger partial charge in [0, 0.05) is 42.9 Å². The van der Waals surface area contributed by atoms with Gasteiger partial charge < -0.3 is 14.3 Å². The highest BCUT2D eigenvalue weighted by Crippen LogP contribution is 2.36. The summed E-state index contributed by atoms with van der Waals surface area (Å²) in [5, 5.41) is 1.03. The number of carbonyl (C=O) groups excluding carboxylic acids is 1.